The highest BCUT2D eigenvalue weighted by atomic mass is 32.1. The third-order valence-electron chi connectivity index (χ3n) is 5.04. The topological polar surface area (TPSA) is 113 Å². The fraction of sp³-hybridized carbons (Fsp3) is 0.476. The van der Waals surface area contributed by atoms with E-state index < -0.39 is 0 Å². The van der Waals surface area contributed by atoms with Gasteiger partial charge < -0.3 is 30.1 Å². The van der Waals surface area contributed by atoms with E-state index >= 15 is 0 Å². The predicted octanol–water partition coefficient (Wildman–Crippen LogP) is 1.53. The Hall–Kier alpha value is -2.53. The molecule has 0 bridgehead atoms. The van der Waals surface area contributed by atoms with Crippen molar-refractivity contribution in [1.82, 2.24) is 10.3 Å². The Morgan fingerprint density at radius 2 is 2.16 bits per heavy atom. The molecular weight excluding hydrogens is 420 g/mol. The van der Waals surface area contributed by atoms with Crippen molar-refractivity contribution in [2.45, 2.75) is 18.9 Å². The Morgan fingerprint density at radius 3 is 2.87 bits per heavy atom. The molecule has 168 valence electrons. The average molecular weight is 449 g/mol. The molecule has 3 rings (SSSR count). The summed E-state index contributed by atoms with van der Waals surface area (Å²) in [5.41, 5.74) is 1.81. The third-order valence-corrected chi connectivity index (χ3v) is 5.94. The highest BCUT2D eigenvalue weighted by Gasteiger charge is 2.25. The maximum atomic E-state index is 12.8. The van der Waals surface area contributed by atoms with Gasteiger partial charge in [-0.05, 0) is 30.5 Å². The molecule has 2 heterocycles. The van der Waals surface area contributed by atoms with Crippen molar-refractivity contribution in [3.05, 3.63) is 40.4 Å². The van der Waals surface area contributed by atoms with Gasteiger partial charge in [0.1, 0.15) is 5.69 Å². The summed E-state index contributed by atoms with van der Waals surface area (Å²) in [6.07, 6.45) is 1.53. The number of nitrogens with one attached hydrogen (secondary N) is 2. The average Bonchev–Trinajstić information content (AvgIpc) is 3.44. The van der Waals surface area contributed by atoms with Gasteiger partial charge in [-0.3, -0.25) is 9.59 Å². The lowest BCUT2D eigenvalue weighted by molar-refractivity contribution is 0.0937. The zero-order chi connectivity index (χ0) is 22.2. The SMILES string of the molecule is COCCNC(=O)c1cc(CCO)ccc1NC(=O)c1csc(N2CC[C@H](OC)C2)n1. The van der Waals surface area contributed by atoms with E-state index in [-0.39, 0.29) is 24.5 Å². The van der Waals surface area contributed by atoms with Crippen LogP contribution in [0.25, 0.3) is 0 Å². The van der Waals surface area contributed by atoms with Crippen molar-refractivity contribution in [2.75, 3.05) is 57.3 Å². The Balaban J connectivity index is 1.73. The monoisotopic (exact) mass is 448 g/mol. The van der Waals surface area contributed by atoms with Crippen LogP contribution in [0, 0.1) is 0 Å². The van der Waals surface area contributed by atoms with Gasteiger partial charge in [-0.25, -0.2) is 4.98 Å². The van der Waals surface area contributed by atoms with Gasteiger partial charge in [0.15, 0.2) is 5.13 Å². The van der Waals surface area contributed by atoms with E-state index in [0.29, 0.717) is 36.5 Å². The number of aliphatic hydroxyl groups is 1. The van der Waals surface area contributed by atoms with Crippen LogP contribution in [-0.4, -0.2) is 75.1 Å². The second-order valence-electron chi connectivity index (χ2n) is 7.16. The fourth-order valence-corrected chi connectivity index (χ4v) is 4.17. The summed E-state index contributed by atoms with van der Waals surface area (Å²) in [5, 5.41) is 17.3. The van der Waals surface area contributed by atoms with Crippen LogP contribution in [0.3, 0.4) is 0 Å². The van der Waals surface area contributed by atoms with E-state index in [1.54, 1.807) is 37.8 Å². The van der Waals surface area contributed by atoms with Crippen molar-refractivity contribution >= 4 is 34.0 Å². The highest BCUT2D eigenvalue weighted by Crippen LogP contribution is 2.26. The fourth-order valence-electron chi connectivity index (χ4n) is 3.33. The van der Waals surface area contributed by atoms with Crippen molar-refractivity contribution in [1.29, 1.82) is 0 Å². The second-order valence-corrected chi connectivity index (χ2v) is 8.00. The van der Waals surface area contributed by atoms with Gasteiger partial charge >= 0.3 is 0 Å². The Morgan fingerprint density at radius 1 is 1.32 bits per heavy atom. The first-order valence-corrected chi connectivity index (χ1v) is 11.0. The van der Waals surface area contributed by atoms with Crippen LogP contribution in [0.15, 0.2) is 23.6 Å². The maximum absolute atomic E-state index is 12.8. The third kappa shape index (κ3) is 6.01. The Kier molecular flexibility index (Phi) is 8.35. The number of carbonyl (C=O) groups excluding carboxylic acids is 2. The summed E-state index contributed by atoms with van der Waals surface area (Å²) >= 11 is 1.41. The molecule has 1 atom stereocenters. The number of rotatable bonds is 10. The van der Waals surface area contributed by atoms with Gasteiger partial charge in [0, 0.05) is 45.8 Å². The van der Waals surface area contributed by atoms with Gasteiger partial charge in [0.05, 0.1) is 24.0 Å². The van der Waals surface area contributed by atoms with Crippen molar-refractivity contribution in [2.24, 2.45) is 0 Å². The lowest BCUT2D eigenvalue weighted by atomic mass is 10.1. The lowest BCUT2D eigenvalue weighted by Gasteiger charge is -2.14. The van der Waals surface area contributed by atoms with Crippen molar-refractivity contribution < 1.29 is 24.2 Å². The molecule has 0 unspecified atom stereocenters. The molecule has 1 aliphatic rings. The number of aromatic nitrogens is 1. The number of nitrogens with zero attached hydrogens (tertiary/aromatic N) is 2. The normalized spacial score (nSPS) is 15.8. The highest BCUT2D eigenvalue weighted by molar-refractivity contribution is 7.14. The van der Waals surface area contributed by atoms with Crippen LogP contribution in [0.1, 0.15) is 32.8 Å². The molecule has 10 heteroatoms. The van der Waals surface area contributed by atoms with E-state index in [2.05, 4.69) is 20.5 Å². The van der Waals surface area contributed by atoms with Crippen molar-refractivity contribution in [3.8, 4) is 0 Å². The lowest BCUT2D eigenvalue weighted by Crippen LogP contribution is -2.28. The molecule has 1 aliphatic heterocycles. The molecule has 0 spiro atoms. The minimum atomic E-state index is -0.383. The van der Waals surface area contributed by atoms with E-state index in [4.69, 9.17) is 9.47 Å². The second kappa shape index (κ2) is 11.2. The van der Waals surface area contributed by atoms with Gasteiger partial charge in [-0.1, -0.05) is 6.07 Å². The molecule has 1 aromatic heterocycles. The largest absolute Gasteiger partial charge is 0.396 e. The molecule has 2 aromatic rings. The first-order valence-electron chi connectivity index (χ1n) is 10.1. The van der Waals surface area contributed by atoms with Gasteiger partial charge in [-0.15, -0.1) is 11.3 Å². The summed E-state index contributed by atoms with van der Waals surface area (Å²) in [6, 6.07) is 5.12. The molecular formula is C21H28N4O5S. The first-order chi connectivity index (χ1) is 15.0. The summed E-state index contributed by atoms with van der Waals surface area (Å²) in [6.45, 7) is 2.29. The number of aliphatic hydroxyl groups excluding tert-OH is 1. The number of ether oxygens (including phenoxy) is 2. The van der Waals surface area contributed by atoms with Crippen LogP contribution in [0.4, 0.5) is 10.8 Å². The summed E-state index contributed by atoms with van der Waals surface area (Å²) in [5.74, 6) is -0.709. The molecule has 0 saturated carbocycles. The van der Waals surface area contributed by atoms with Crippen LogP contribution in [0.2, 0.25) is 0 Å². The standard InChI is InChI=1S/C21H28N4O5S/c1-29-10-7-22-19(27)16-11-14(6-9-26)3-4-17(16)23-20(28)18-13-31-21(24-18)25-8-5-15(12-25)30-2/h3-4,11,13,15,26H,5-10,12H2,1-2H3,(H,22,27)(H,23,28)/t15-/m0/s1. The Bertz CT molecular complexity index is 904. The van der Waals surface area contributed by atoms with E-state index in [9.17, 15) is 14.7 Å². The predicted molar refractivity (Wildman–Crippen MR) is 119 cm³/mol. The summed E-state index contributed by atoms with van der Waals surface area (Å²) in [7, 11) is 3.25. The quantitative estimate of drug-likeness (QED) is 0.473. The zero-order valence-electron chi connectivity index (χ0n) is 17.7. The number of benzene rings is 1. The van der Waals surface area contributed by atoms with Gasteiger partial charge in [-0.2, -0.15) is 0 Å². The molecule has 0 aliphatic carbocycles. The molecule has 31 heavy (non-hydrogen) atoms. The number of methoxy groups -OCH3 is 2. The Labute approximate surface area is 185 Å². The molecule has 3 N–H and O–H groups in total. The molecule has 2 amide bonds. The molecule has 0 radical (unpaired) electrons. The number of thiazole rings is 1. The maximum Gasteiger partial charge on any atom is 0.275 e. The molecule has 1 aromatic carbocycles. The van der Waals surface area contributed by atoms with E-state index in [1.807, 2.05) is 0 Å². The smallest absolute Gasteiger partial charge is 0.275 e. The van der Waals surface area contributed by atoms with Crippen LogP contribution >= 0.6 is 11.3 Å². The summed E-state index contributed by atoms with van der Waals surface area (Å²) in [4.78, 5) is 32.0. The molecule has 1 fully saturated rings. The van der Waals surface area contributed by atoms with Crippen LogP contribution in [0.5, 0.6) is 0 Å². The summed E-state index contributed by atoms with van der Waals surface area (Å²) < 4.78 is 10.4. The first kappa shape index (κ1) is 23.1. The minimum Gasteiger partial charge on any atom is -0.396 e. The molecule has 9 nitrogen and oxygen atoms in total. The molecule has 1 saturated heterocycles. The number of amides is 2. The van der Waals surface area contributed by atoms with E-state index in [0.717, 1.165) is 30.2 Å². The van der Waals surface area contributed by atoms with Gasteiger partial charge in [0.25, 0.3) is 11.8 Å². The number of anilines is 2. The number of hydrogen-bond acceptors (Lipinski definition) is 8. The van der Waals surface area contributed by atoms with Gasteiger partial charge in [0.2, 0.25) is 0 Å². The van der Waals surface area contributed by atoms with Crippen molar-refractivity contribution in [3.63, 3.8) is 0 Å². The zero-order valence-corrected chi connectivity index (χ0v) is 18.5. The minimum absolute atomic E-state index is 0.0293. The number of hydrogen-bond donors (Lipinski definition) is 3. The van der Waals surface area contributed by atoms with E-state index in [1.165, 1.54) is 11.3 Å². The number of carbonyl (C=O) groups is 2. The van der Waals surface area contributed by atoms with Crippen LogP contribution < -0.4 is 15.5 Å². The van der Waals surface area contributed by atoms with Crippen LogP contribution in [-0.2, 0) is 15.9 Å².